The number of nitrogens with two attached hydrogens (primary N) is 1. The molecule has 0 atom stereocenters. The number of hydrogen-bond donors (Lipinski definition) is 2. The van der Waals surface area contributed by atoms with Crippen molar-refractivity contribution in [1.29, 1.82) is 0 Å². The predicted octanol–water partition coefficient (Wildman–Crippen LogP) is 2.88. The molecule has 29 heavy (non-hydrogen) atoms. The van der Waals surface area contributed by atoms with E-state index in [1.54, 1.807) is 17.5 Å². The minimum absolute atomic E-state index is 0.0340. The van der Waals surface area contributed by atoms with Crippen LogP contribution in [0, 0.1) is 0 Å². The molecule has 0 fully saturated rings. The second-order valence-corrected chi connectivity index (χ2v) is 8.98. The van der Waals surface area contributed by atoms with Gasteiger partial charge in [0.15, 0.2) is 0 Å². The van der Waals surface area contributed by atoms with Crippen LogP contribution in [0.25, 0.3) is 21.6 Å². The van der Waals surface area contributed by atoms with E-state index in [1.807, 2.05) is 31.3 Å². The van der Waals surface area contributed by atoms with E-state index in [0.717, 1.165) is 27.2 Å². The first-order valence-electron chi connectivity index (χ1n) is 8.73. The largest absolute Gasteiger partial charge is 0.347 e. The van der Waals surface area contributed by atoms with Crippen molar-refractivity contribution in [2.24, 2.45) is 12.2 Å². The minimum Gasteiger partial charge on any atom is -0.347 e. The van der Waals surface area contributed by atoms with Crippen LogP contribution in [0.15, 0.2) is 64.9 Å². The Hall–Kier alpha value is -3.01. The summed E-state index contributed by atoms with van der Waals surface area (Å²) in [7, 11) is -1.75. The minimum atomic E-state index is -3.73. The normalized spacial score (nSPS) is 11.7. The molecular weight excluding hydrogens is 408 g/mol. The molecular formula is C20H18N4O3S2. The number of sulfonamides is 1. The third-order valence-electron chi connectivity index (χ3n) is 4.61. The Morgan fingerprint density at radius 3 is 2.59 bits per heavy atom. The first-order valence-corrected chi connectivity index (χ1v) is 11.2. The zero-order valence-corrected chi connectivity index (χ0v) is 17.1. The summed E-state index contributed by atoms with van der Waals surface area (Å²) >= 11 is 1.41. The van der Waals surface area contributed by atoms with Crippen LogP contribution in [0.1, 0.15) is 16.1 Å². The predicted molar refractivity (Wildman–Crippen MR) is 113 cm³/mol. The summed E-state index contributed by atoms with van der Waals surface area (Å²) in [6.45, 7) is 0.255. The number of hydrogen-bond acceptors (Lipinski definition) is 5. The number of aromatic nitrogens is 2. The number of carbonyl (C=O) groups is 1. The van der Waals surface area contributed by atoms with Crippen LogP contribution in [0.3, 0.4) is 0 Å². The van der Waals surface area contributed by atoms with Gasteiger partial charge in [0.2, 0.25) is 10.0 Å². The lowest BCUT2D eigenvalue weighted by atomic mass is 10.2. The second kappa shape index (κ2) is 7.43. The maximum absolute atomic E-state index is 12.5. The second-order valence-electron chi connectivity index (χ2n) is 6.56. The quantitative estimate of drug-likeness (QED) is 0.512. The van der Waals surface area contributed by atoms with Crippen molar-refractivity contribution >= 4 is 38.2 Å². The van der Waals surface area contributed by atoms with Crippen LogP contribution in [-0.2, 0) is 23.6 Å². The number of amides is 1. The molecule has 0 saturated heterocycles. The molecule has 0 saturated carbocycles. The fraction of sp³-hybridized carbons (Fsp3) is 0.100. The van der Waals surface area contributed by atoms with Gasteiger partial charge in [0, 0.05) is 29.9 Å². The van der Waals surface area contributed by atoms with Gasteiger partial charge in [-0.05, 0) is 29.8 Å². The van der Waals surface area contributed by atoms with Crippen LogP contribution < -0.4 is 10.5 Å². The van der Waals surface area contributed by atoms with Gasteiger partial charge >= 0.3 is 0 Å². The molecule has 0 aliphatic carbocycles. The summed E-state index contributed by atoms with van der Waals surface area (Å²) < 4.78 is 24.6. The molecule has 1 amide bonds. The van der Waals surface area contributed by atoms with Gasteiger partial charge in [0.05, 0.1) is 10.6 Å². The summed E-state index contributed by atoms with van der Waals surface area (Å²) in [6.07, 6.45) is 0. The van der Waals surface area contributed by atoms with Crippen LogP contribution in [-0.4, -0.2) is 23.9 Å². The molecule has 4 aromatic rings. The molecule has 0 unspecified atom stereocenters. The Kier molecular flexibility index (Phi) is 4.95. The van der Waals surface area contributed by atoms with E-state index in [0.29, 0.717) is 5.69 Å². The third kappa shape index (κ3) is 3.93. The molecule has 0 bridgehead atoms. The number of thiazole rings is 1. The zero-order chi connectivity index (χ0) is 20.6. The summed E-state index contributed by atoms with van der Waals surface area (Å²) in [5.74, 6) is -0.290. The zero-order valence-electron chi connectivity index (χ0n) is 15.5. The number of aryl methyl sites for hydroxylation is 1. The van der Waals surface area contributed by atoms with Crippen LogP contribution >= 0.6 is 11.3 Å². The molecule has 148 valence electrons. The highest BCUT2D eigenvalue weighted by atomic mass is 32.2. The SMILES string of the molecule is Cn1c(-c2nc(C(=O)NCc3ccc(S(N)(=O)=O)cc3)cs2)cc2ccccc21. The Morgan fingerprint density at radius 2 is 1.90 bits per heavy atom. The van der Waals surface area contributed by atoms with E-state index < -0.39 is 10.0 Å². The van der Waals surface area contributed by atoms with Crippen LogP contribution in [0.5, 0.6) is 0 Å². The average molecular weight is 427 g/mol. The molecule has 3 N–H and O–H groups in total. The van der Waals surface area contributed by atoms with Crippen molar-refractivity contribution in [2.75, 3.05) is 0 Å². The monoisotopic (exact) mass is 426 g/mol. The number of fused-ring (bicyclic) bond motifs is 1. The fourth-order valence-electron chi connectivity index (χ4n) is 3.06. The number of nitrogens with one attached hydrogen (secondary N) is 1. The van der Waals surface area contributed by atoms with Crippen molar-refractivity contribution in [3.05, 3.63) is 71.2 Å². The molecule has 0 aliphatic heterocycles. The van der Waals surface area contributed by atoms with Gasteiger partial charge in [0.1, 0.15) is 10.7 Å². The maximum atomic E-state index is 12.5. The molecule has 2 aromatic carbocycles. The summed E-state index contributed by atoms with van der Waals surface area (Å²) in [5, 5.41) is 11.5. The van der Waals surface area contributed by atoms with E-state index >= 15 is 0 Å². The average Bonchev–Trinajstić information content (AvgIpc) is 3.31. The van der Waals surface area contributed by atoms with Crippen molar-refractivity contribution in [3.63, 3.8) is 0 Å². The first kappa shape index (κ1) is 19.3. The Labute approximate surface area is 171 Å². The lowest BCUT2D eigenvalue weighted by Crippen LogP contribution is -2.23. The molecule has 0 radical (unpaired) electrons. The highest BCUT2D eigenvalue weighted by molar-refractivity contribution is 7.89. The Morgan fingerprint density at radius 1 is 1.17 bits per heavy atom. The van der Waals surface area contributed by atoms with Crippen molar-refractivity contribution in [1.82, 2.24) is 14.9 Å². The first-order chi connectivity index (χ1) is 13.8. The number of primary sulfonamides is 1. The fourth-order valence-corrected chi connectivity index (χ4v) is 4.43. The number of benzene rings is 2. The standard InChI is InChI=1S/C20H18N4O3S2/c1-24-17-5-3-2-4-14(17)10-18(24)20-23-16(12-28-20)19(25)22-11-13-6-8-15(9-7-13)29(21,26)27/h2-10,12H,11H2,1H3,(H,22,25)(H2,21,26,27). The van der Waals surface area contributed by atoms with Gasteiger partial charge in [-0.2, -0.15) is 0 Å². The van der Waals surface area contributed by atoms with Crippen molar-refractivity contribution in [2.45, 2.75) is 11.4 Å². The van der Waals surface area contributed by atoms with Gasteiger partial charge in [-0.15, -0.1) is 11.3 Å². The van der Waals surface area contributed by atoms with Gasteiger partial charge < -0.3 is 9.88 Å². The van der Waals surface area contributed by atoms with E-state index in [1.165, 1.54) is 23.5 Å². The Bertz CT molecular complexity index is 1310. The molecule has 4 rings (SSSR count). The van der Waals surface area contributed by atoms with E-state index in [9.17, 15) is 13.2 Å². The molecule has 0 spiro atoms. The highest BCUT2D eigenvalue weighted by Gasteiger charge is 2.15. The number of rotatable bonds is 5. The van der Waals surface area contributed by atoms with Crippen LogP contribution in [0.4, 0.5) is 0 Å². The van der Waals surface area contributed by atoms with Gasteiger partial charge in [0.25, 0.3) is 5.91 Å². The van der Waals surface area contributed by atoms with Gasteiger partial charge in [-0.25, -0.2) is 18.5 Å². The number of para-hydroxylation sites is 1. The summed E-state index contributed by atoms with van der Waals surface area (Å²) in [4.78, 5) is 17.0. The topological polar surface area (TPSA) is 107 Å². The maximum Gasteiger partial charge on any atom is 0.271 e. The highest BCUT2D eigenvalue weighted by Crippen LogP contribution is 2.29. The van der Waals surface area contributed by atoms with Gasteiger partial charge in [-0.3, -0.25) is 4.79 Å². The van der Waals surface area contributed by atoms with Crippen molar-refractivity contribution < 1.29 is 13.2 Å². The molecule has 0 aliphatic rings. The smallest absolute Gasteiger partial charge is 0.271 e. The van der Waals surface area contributed by atoms with E-state index in [4.69, 9.17) is 5.14 Å². The number of nitrogens with zero attached hydrogens (tertiary/aromatic N) is 2. The molecule has 7 nitrogen and oxygen atoms in total. The van der Waals surface area contributed by atoms with E-state index in [-0.39, 0.29) is 17.3 Å². The summed E-state index contributed by atoms with van der Waals surface area (Å²) in [6, 6.07) is 16.2. The van der Waals surface area contributed by atoms with E-state index in [2.05, 4.69) is 20.9 Å². The lowest BCUT2D eigenvalue weighted by molar-refractivity contribution is 0.0946. The number of carbonyl (C=O) groups excluding carboxylic acids is 1. The van der Waals surface area contributed by atoms with Crippen LogP contribution in [0.2, 0.25) is 0 Å². The Balaban J connectivity index is 1.48. The lowest BCUT2D eigenvalue weighted by Gasteiger charge is -2.05. The third-order valence-corrected chi connectivity index (χ3v) is 6.41. The molecule has 2 aromatic heterocycles. The van der Waals surface area contributed by atoms with Gasteiger partial charge in [-0.1, -0.05) is 30.3 Å². The molecule has 2 heterocycles. The molecule has 9 heteroatoms. The summed E-state index contributed by atoms with van der Waals surface area (Å²) in [5.41, 5.74) is 3.16. The van der Waals surface area contributed by atoms with Crippen molar-refractivity contribution in [3.8, 4) is 10.7 Å².